The summed E-state index contributed by atoms with van der Waals surface area (Å²) in [6, 6.07) is 29.4. The summed E-state index contributed by atoms with van der Waals surface area (Å²) >= 11 is 0. The molecule has 2 amide bonds. The van der Waals surface area contributed by atoms with E-state index in [1.54, 1.807) is 0 Å². The van der Waals surface area contributed by atoms with E-state index in [0.717, 1.165) is 40.6 Å². The number of benzene rings is 3. The minimum Gasteiger partial charge on any atom is -0.457 e. The zero-order chi connectivity index (χ0) is 21.9. The first-order valence-corrected chi connectivity index (χ1v) is 10.8. The van der Waals surface area contributed by atoms with Crippen molar-refractivity contribution in [1.82, 2.24) is 9.47 Å². The highest BCUT2D eigenvalue weighted by atomic mass is 16.5. The molecule has 0 saturated carbocycles. The lowest BCUT2D eigenvalue weighted by Gasteiger charge is -2.37. The second-order valence-electron chi connectivity index (χ2n) is 8.01. The molecule has 5 heteroatoms. The number of anilines is 1. The maximum atomic E-state index is 13.3. The Hall–Kier alpha value is -3.99. The first-order valence-electron chi connectivity index (χ1n) is 10.8. The molecule has 1 aliphatic rings. The van der Waals surface area contributed by atoms with Crippen molar-refractivity contribution in [2.45, 2.75) is 19.5 Å². The number of nitrogens with one attached hydrogen (secondary N) is 1. The molecule has 1 aliphatic heterocycles. The topological polar surface area (TPSA) is 46.5 Å². The zero-order valence-corrected chi connectivity index (χ0v) is 17.9. The first-order chi connectivity index (χ1) is 15.7. The SMILES string of the molecule is Cc1ccc(NC(=O)N2CCn3cccc3[C@H]2c2cccc(Oc3ccccc3)c2)cc1. The number of carbonyl (C=O) groups is 1. The van der Waals surface area contributed by atoms with Crippen molar-refractivity contribution in [3.63, 3.8) is 0 Å². The van der Waals surface area contributed by atoms with Gasteiger partial charge in [-0.1, -0.05) is 48.0 Å². The number of nitrogens with zero attached hydrogens (tertiary/aromatic N) is 2. The fraction of sp³-hybridized carbons (Fsp3) is 0.148. The highest BCUT2D eigenvalue weighted by molar-refractivity contribution is 5.90. The minimum absolute atomic E-state index is 0.110. The molecule has 1 atom stereocenters. The van der Waals surface area contributed by atoms with Gasteiger partial charge in [0.15, 0.2) is 0 Å². The van der Waals surface area contributed by atoms with Crippen LogP contribution in [0, 0.1) is 6.92 Å². The Balaban J connectivity index is 1.46. The van der Waals surface area contributed by atoms with Crippen LogP contribution in [0.3, 0.4) is 0 Å². The third kappa shape index (κ3) is 4.10. The summed E-state index contributed by atoms with van der Waals surface area (Å²) < 4.78 is 8.27. The number of aromatic nitrogens is 1. The second kappa shape index (κ2) is 8.63. The quantitative estimate of drug-likeness (QED) is 0.423. The van der Waals surface area contributed by atoms with Crippen LogP contribution in [0.2, 0.25) is 0 Å². The number of para-hydroxylation sites is 1. The lowest BCUT2D eigenvalue weighted by Crippen LogP contribution is -2.44. The van der Waals surface area contributed by atoms with Gasteiger partial charge in [0.05, 0.1) is 6.04 Å². The van der Waals surface area contributed by atoms with Crippen molar-refractivity contribution >= 4 is 11.7 Å². The Morgan fingerprint density at radius 3 is 2.47 bits per heavy atom. The summed E-state index contributed by atoms with van der Waals surface area (Å²) in [5.41, 5.74) is 4.05. The van der Waals surface area contributed by atoms with Crippen LogP contribution in [0.5, 0.6) is 11.5 Å². The van der Waals surface area contributed by atoms with E-state index in [0.29, 0.717) is 6.54 Å². The normalized spacial score (nSPS) is 15.2. The van der Waals surface area contributed by atoms with Crippen LogP contribution >= 0.6 is 0 Å². The van der Waals surface area contributed by atoms with Crippen molar-refractivity contribution in [1.29, 1.82) is 0 Å². The summed E-state index contributed by atoms with van der Waals surface area (Å²) in [7, 11) is 0. The van der Waals surface area contributed by atoms with E-state index in [-0.39, 0.29) is 12.1 Å². The highest BCUT2D eigenvalue weighted by Crippen LogP contribution is 2.35. The molecule has 2 heterocycles. The van der Waals surface area contributed by atoms with Crippen LogP contribution < -0.4 is 10.1 Å². The van der Waals surface area contributed by atoms with E-state index in [2.05, 4.69) is 28.2 Å². The van der Waals surface area contributed by atoms with Gasteiger partial charge in [0.1, 0.15) is 11.5 Å². The van der Waals surface area contributed by atoms with Gasteiger partial charge >= 0.3 is 6.03 Å². The Morgan fingerprint density at radius 1 is 0.875 bits per heavy atom. The molecule has 160 valence electrons. The molecular weight excluding hydrogens is 398 g/mol. The van der Waals surface area contributed by atoms with Crippen LogP contribution in [-0.4, -0.2) is 22.0 Å². The third-order valence-electron chi connectivity index (χ3n) is 5.75. The van der Waals surface area contributed by atoms with Crippen LogP contribution in [0.25, 0.3) is 0 Å². The Morgan fingerprint density at radius 2 is 1.66 bits per heavy atom. The molecule has 1 N–H and O–H groups in total. The molecule has 0 fully saturated rings. The largest absolute Gasteiger partial charge is 0.457 e. The van der Waals surface area contributed by atoms with E-state index in [9.17, 15) is 4.79 Å². The summed E-state index contributed by atoms with van der Waals surface area (Å²) in [5, 5.41) is 3.06. The van der Waals surface area contributed by atoms with Crippen molar-refractivity contribution in [3.8, 4) is 11.5 Å². The lowest BCUT2D eigenvalue weighted by atomic mass is 10.00. The maximum Gasteiger partial charge on any atom is 0.322 e. The van der Waals surface area contributed by atoms with Gasteiger partial charge in [-0.05, 0) is 61.0 Å². The molecule has 0 spiro atoms. The number of aryl methyl sites for hydroxylation is 1. The Labute approximate surface area is 187 Å². The van der Waals surface area contributed by atoms with Gasteiger partial charge in [-0.15, -0.1) is 0 Å². The second-order valence-corrected chi connectivity index (χ2v) is 8.01. The number of rotatable bonds is 4. The van der Waals surface area contributed by atoms with Crippen LogP contribution in [0.4, 0.5) is 10.5 Å². The van der Waals surface area contributed by atoms with Crippen molar-refractivity contribution in [2.24, 2.45) is 0 Å². The van der Waals surface area contributed by atoms with E-state index in [1.807, 2.05) is 90.7 Å². The summed E-state index contributed by atoms with van der Waals surface area (Å²) in [6.45, 7) is 3.42. The van der Waals surface area contributed by atoms with Gasteiger partial charge in [-0.3, -0.25) is 0 Å². The predicted molar refractivity (Wildman–Crippen MR) is 126 cm³/mol. The number of urea groups is 1. The van der Waals surface area contributed by atoms with E-state index >= 15 is 0 Å². The van der Waals surface area contributed by atoms with E-state index < -0.39 is 0 Å². The van der Waals surface area contributed by atoms with Crippen molar-refractivity contribution in [2.75, 3.05) is 11.9 Å². The first kappa shape index (κ1) is 19.9. The van der Waals surface area contributed by atoms with Gasteiger partial charge in [0, 0.05) is 30.7 Å². The zero-order valence-electron chi connectivity index (χ0n) is 17.9. The smallest absolute Gasteiger partial charge is 0.322 e. The van der Waals surface area contributed by atoms with Gasteiger partial charge in [0.2, 0.25) is 0 Å². The van der Waals surface area contributed by atoms with Crippen molar-refractivity contribution < 1.29 is 9.53 Å². The average molecular weight is 424 g/mol. The predicted octanol–water partition coefficient (Wildman–Crippen LogP) is 6.23. The van der Waals surface area contributed by atoms with Gasteiger partial charge in [-0.25, -0.2) is 4.79 Å². The lowest BCUT2D eigenvalue weighted by molar-refractivity contribution is 0.181. The van der Waals surface area contributed by atoms with E-state index in [1.165, 1.54) is 0 Å². The molecular formula is C27H25N3O2. The number of hydrogen-bond donors (Lipinski definition) is 1. The molecule has 5 rings (SSSR count). The fourth-order valence-corrected chi connectivity index (χ4v) is 4.16. The Bertz CT molecular complexity index is 1220. The molecule has 0 saturated heterocycles. The molecule has 0 bridgehead atoms. The Kier molecular flexibility index (Phi) is 5.38. The molecule has 1 aromatic heterocycles. The number of amides is 2. The monoisotopic (exact) mass is 423 g/mol. The summed E-state index contributed by atoms with van der Waals surface area (Å²) in [4.78, 5) is 15.2. The standard InChI is InChI=1S/C27H25N3O2/c1-20-12-14-22(15-13-20)28-27(31)30-18-17-29-16-6-11-25(29)26(30)21-7-5-10-24(19-21)32-23-8-3-2-4-9-23/h2-16,19,26H,17-18H2,1H3,(H,28,31)/t26-/m1/s1. The van der Waals surface area contributed by atoms with Crippen molar-refractivity contribution in [3.05, 3.63) is 114 Å². The maximum absolute atomic E-state index is 13.3. The van der Waals surface area contributed by atoms with Crippen LogP contribution in [0.1, 0.15) is 22.9 Å². The average Bonchev–Trinajstić information content (AvgIpc) is 3.30. The summed E-state index contributed by atoms with van der Waals surface area (Å²) in [5.74, 6) is 1.53. The summed E-state index contributed by atoms with van der Waals surface area (Å²) in [6.07, 6.45) is 2.07. The molecule has 0 unspecified atom stereocenters. The van der Waals surface area contributed by atoms with E-state index in [4.69, 9.17) is 4.74 Å². The molecule has 32 heavy (non-hydrogen) atoms. The van der Waals surface area contributed by atoms with Gasteiger partial charge < -0.3 is 19.5 Å². The molecule has 3 aromatic carbocycles. The van der Waals surface area contributed by atoms with Crippen LogP contribution in [-0.2, 0) is 6.54 Å². The highest BCUT2D eigenvalue weighted by Gasteiger charge is 2.32. The number of hydrogen-bond acceptors (Lipinski definition) is 2. The van der Waals surface area contributed by atoms with Gasteiger partial charge in [-0.2, -0.15) is 0 Å². The molecule has 0 radical (unpaired) electrons. The minimum atomic E-state index is -0.205. The number of carbonyl (C=O) groups excluding carboxylic acids is 1. The van der Waals surface area contributed by atoms with Gasteiger partial charge in [0.25, 0.3) is 0 Å². The fourth-order valence-electron chi connectivity index (χ4n) is 4.16. The molecule has 4 aromatic rings. The number of ether oxygens (including phenoxy) is 1. The number of fused-ring (bicyclic) bond motifs is 1. The molecule has 5 nitrogen and oxygen atoms in total. The van der Waals surface area contributed by atoms with Crippen LogP contribution in [0.15, 0.2) is 97.2 Å². The third-order valence-corrected chi connectivity index (χ3v) is 5.75. The molecule has 0 aliphatic carbocycles.